The lowest BCUT2D eigenvalue weighted by Gasteiger charge is -1.96. The third-order valence-corrected chi connectivity index (χ3v) is 1.99. The number of benzene rings is 1. The van der Waals surface area contributed by atoms with Crippen molar-refractivity contribution in [3.63, 3.8) is 0 Å². The molecule has 0 atom stereocenters. The molecule has 1 heteroatoms. The number of hydrogen-bond donors (Lipinski definition) is 0. The molecule has 56 valence electrons. The first kappa shape index (κ1) is 6.59. The molecule has 0 fully saturated rings. The molecule has 0 aliphatic carbocycles. The van der Waals surface area contributed by atoms with Crippen LogP contribution < -0.4 is 0 Å². The van der Waals surface area contributed by atoms with Gasteiger partial charge in [-0.3, -0.25) is 4.99 Å². The number of aliphatic imine (C=N–C) groups is 1. The fraction of sp³-hybridized carbons (Fsp3) is 0.300. The molecular weight excluding hydrogens is 134 g/mol. The molecule has 0 unspecified atom stereocenters. The zero-order chi connectivity index (χ0) is 7.84. The van der Waals surface area contributed by atoms with E-state index in [1.54, 1.807) is 0 Å². The van der Waals surface area contributed by atoms with Crippen LogP contribution in [-0.4, -0.2) is 5.71 Å². The molecule has 0 spiro atoms. The van der Waals surface area contributed by atoms with E-state index in [0.717, 1.165) is 12.1 Å². The highest BCUT2D eigenvalue weighted by atomic mass is 14.8. The van der Waals surface area contributed by atoms with E-state index in [-0.39, 0.29) is 0 Å². The Morgan fingerprint density at radius 3 is 2.91 bits per heavy atom. The van der Waals surface area contributed by atoms with Gasteiger partial charge >= 0.3 is 0 Å². The summed E-state index contributed by atoms with van der Waals surface area (Å²) < 4.78 is 0. The van der Waals surface area contributed by atoms with Gasteiger partial charge in [0.25, 0.3) is 0 Å². The van der Waals surface area contributed by atoms with Gasteiger partial charge in [0, 0.05) is 12.1 Å². The van der Waals surface area contributed by atoms with Crippen molar-refractivity contribution in [2.24, 2.45) is 4.99 Å². The van der Waals surface area contributed by atoms with E-state index in [0.29, 0.717) is 0 Å². The zero-order valence-corrected chi connectivity index (χ0v) is 6.89. The van der Waals surface area contributed by atoms with E-state index in [2.05, 4.69) is 37.0 Å². The van der Waals surface area contributed by atoms with Crippen molar-refractivity contribution < 1.29 is 0 Å². The third kappa shape index (κ3) is 1.07. The van der Waals surface area contributed by atoms with Crippen LogP contribution in [0.4, 0.5) is 5.69 Å². The molecule has 0 aromatic heterocycles. The Labute approximate surface area is 66.8 Å². The summed E-state index contributed by atoms with van der Waals surface area (Å²) in [4.78, 5) is 4.41. The Morgan fingerprint density at radius 1 is 1.27 bits per heavy atom. The van der Waals surface area contributed by atoms with Gasteiger partial charge in [-0.05, 0) is 25.5 Å². The molecule has 1 heterocycles. The highest BCUT2D eigenvalue weighted by Gasteiger charge is 2.09. The molecule has 0 bridgehead atoms. The zero-order valence-electron chi connectivity index (χ0n) is 6.89. The topological polar surface area (TPSA) is 12.4 Å². The van der Waals surface area contributed by atoms with Gasteiger partial charge in [0.05, 0.1) is 5.69 Å². The number of hydrogen-bond acceptors (Lipinski definition) is 1. The van der Waals surface area contributed by atoms with Crippen molar-refractivity contribution in [3.8, 4) is 0 Å². The Morgan fingerprint density at radius 2 is 2.09 bits per heavy atom. The van der Waals surface area contributed by atoms with Crippen LogP contribution in [0.25, 0.3) is 0 Å². The Hall–Kier alpha value is -1.11. The second-order valence-corrected chi connectivity index (χ2v) is 3.16. The normalized spacial score (nSPS) is 14.5. The highest BCUT2D eigenvalue weighted by molar-refractivity contribution is 5.92. The van der Waals surface area contributed by atoms with Crippen molar-refractivity contribution in [2.45, 2.75) is 20.3 Å². The highest BCUT2D eigenvalue weighted by Crippen LogP contribution is 2.26. The van der Waals surface area contributed by atoms with E-state index >= 15 is 0 Å². The van der Waals surface area contributed by atoms with Gasteiger partial charge in [-0.2, -0.15) is 0 Å². The first-order valence-electron chi connectivity index (χ1n) is 3.89. The third-order valence-electron chi connectivity index (χ3n) is 1.99. The quantitative estimate of drug-likeness (QED) is 0.532. The smallest absolute Gasteiger partial charge is 0.0665 e. The predicted octanol–water partition coefficient (Wildman–Crippen LogP) is 2.64. The number of rotatable bonds is 0. The number of fused-ring (bicyclic) bond motifs is 1. The van der Waals surface area contributed by atoms with Gasteiger partial charge in [0.1, 0.15) is 0 Å². The predicted molar refractivity (Wildman–Crippen MR) is 47.7 cm³/mol. The van der Waals surface area contributed by atoms with E-state index in [1.165, 1.54) is 16.8 Å². The Balaban J connectivity index is 2.52. The van der Waals surface area contributed by atoms with E-state index in [1.807, 2.05) is 0 Å². The summed E-state index contributed by atoms with van der Waals surface area (Å²) in [5, 5.41) is 0. The Bertz CT molecular complexity index is 324. The summed E-state index contributed by atoms with van der Waals surface area (Å²) in [6.07, 6.45) is 1.04. The van der Waals surface area contributed by atoms with Gasteiger partial charge in [-0.1, -0.05) is 17.7 Å². The fourth-order valence-corrected chi connectivity index (χ4v) is 1.49. The first-order chi connectivity index (χ1) is 5.25. The standard InChI is InChI=1S/C10H11N/c1-7-3-4-10-9(5-7)6-8(2)11-10/h3-5H,6H2,1-2H3. The van der Waals surface area contributed by atoms with Gasteiger partial charge in [0.15, 0.2) is 0 Å². The molecular formula is C10H11N. The summed E-state index contributed by atoms with van der Waals surface area (Å²) in [7, 11) is 0. The minimum atomic E-state index is 1.04. The van der Waals surface area contributed by atoms with Crippen LogP contribution in [0, 0.1) is 6.92 Å². The molecule has 0 saturated carbocycles. The van der Waals surface area contributed by atoms with Crippen molar-refractivity contribution in [1.82, 2.24) is 0 Å². The maximum atomic E-state index is 4.41. The largest absolute Gasteiger partial charge is 0.257 e. The SMILES string of the molecule is CC1=Nc2ccc(C)cc2C1. The molecule has 1 aliphatic heterocycles. The van der Waals surface area contributed by atoms with Gasteiger partial charge in [0.2, 0.25) is 0 Å². The summed E-state index contributed by atoms with van der Waals surface area (Å²) in [5.74, 6) is 0. The van der Waals surface area contributed by atoms with E-state index in [9.17, 15) is 0 Å². The fourth-order valence-electron chi connectivity index (χ4n) is 1.49. The number of aryl methyl sites for hydroxylation is 1. The molecule has 0 N–H and O–H groups in total. The molecule has 0 radical (unpaired) electrons. The minimum Gasteiger partial charge on any atom is -0.257 e. The van der Waals surface area contributed by atoms with Gasteiger partial charge in [-0.15, -0.1) is 0 Å². The van der Waals surface area contributed by atoms with Crippen molar-refractivity contribution in [2.75, 3.05) is 0 Å². The maximum Gasteiger partial charge on any atom is 0.0665 e. The van der Waals surface area contributed by atoms with E-state index in [4.69, 9.17) is 0 Å². The Kier molecular flexibility index (Phi) is 1.31. The lowest BCUT2D eigenvalue weighted by molar-refractivity contribution is 1.34. The summed E-state index contributed by atoms with van der Waals surface area (Å²) in [6, 6.07) is 6.43. The second kappa shape index (κ2) is 2.19. The monoisotopic (exact) mass is 145 g/mol. The van der Waals surface area contributed by atoms with Crippen LogP contribution in [0.3, 0.4) is 0 Å². The van der Waals surface area contributed by atoms with Gasteiger partial charge < -0.3 is 0 Å². The maximum absolute atomic E-state index is 4.41. The average Bonchev–Trinajstić information content (AvgIpc) is 2.27. The number of nitrogens with zero attached hydrogens (tertiary/aromatic N) is 1. The van der Waals surface area contributed by atoms with Crippen LogP contribution in [0.1, 0.15) is 18.1 Å². The van der Waals surface area contributed by atoms with Crippen LogP contribution in [-0.2, 0) is 6.42 Å². The lowest BCUT2D eigenvalue weighted by atomic mass is 10.1. The molecule has 1 aliphatic rings. The molecule has 0 amide bonds. The lowest BCUT2D eigenvalue weighted by Crippen LogP contribution is -1.88. The van der Waals surface area contributed by atoms with Crippen LogP contribution in [0.2, 0.25) is 0 Å². The molecule has 1 nitrogen and oxygen atoms in total. The molecule has 0 saturated heterocycles. The second-order valence-electron chi connectivity index (χ2n) is 3.16. The molecule has 2 rings (SSSR count). The van der Waals surface area contributed by atoms with Crippen LogP contribution in [0.15, 0.2) is 23.2 Å². The molecule has 11 heavy (non-hydrogen) atoms. The summed E-state index contributed by atoms with van der Waals surface area (Å²) in [6.45, 7) is 4.20. The molecule has 1 aromatic rings. The summed E-state index contributed by atoms with van der Waals surface area (Å²) in [5.41, 5.74) is 5.09. The first-order valence-corrected chi connectivity index (χ1v) is 3.89. The van der Waals surface area contributed by atoms with Crippen molar-refractivity contribution >= 4 is 11.4 Å². The van der Waals surface area contributed by atoms with Crippen molar-refractivity contribution in [3.05, 3.63) is 29.3 Å². The van der Waals surface area contributed by atoms with Gasteiger partial charge in [-0.25, -0.2) is 0 Å². The molecule has 1 aromatic carbocycles. The van der Waals surface area contributed by atoms with Crippen molar-refractivity contribution in [1.29, 1.82) is 0 Å². The minimum absolute atomic E-state index is 1.04. The van der Waals surface area contributed by atoms with Crippen LogP contribution in [0.5, 0.6) is 0 Å². The van der Waals surface area contributed by atoms with Crippen LogP contribution >= 0.6 is 0 Å². The van der Waals surface area contributed by atoms with E-state index < -0.39 is 0 Å². The average molecular weight is 145 g/mol. The summed E-state index contributed by atoms with van der Waals surface area (Å²) >= 11 is 0.